The number of carbonyl (C=O) groups excluding carboxylic acids is 5. The van der Waals surface area contributed by atoms with E-state index in [1.807, 2.05) is 12.1 Å². The number of hydrogen-bond donors (Lipinski definition) is 3. The molecule has 1 spiro atoms. The predicted molar refractivity (Wildman–Crippen MR) is 120 cm³/mol. The van der Waals surface area contributed by atoms with E-state index in [0.29, 0.717) is 12.3 Å². The van der Waals surface area contributed by atoms with Crippen LogP contribution in [-0.4, -0.2) is 58.3 Å². The van der Waals surface area contributed by atoms with Crippen LogP contribution in [0.25, 0.3) is 0 Å². The molecule has 3 aliphatic rings. The summed E-state index contributed by atoms with van der Waals surface area (Å²) in [5.74, 6) is -1.38. The summed E-state index contributed by atoms with van der Waals surface area (Å²) in [4.78, 5) is 68.1. The summed E-state index contributed by atoms with van der Waals surface area (Å²) in [6.07, 6.45) is 2.28. The molecule has 3 fully saturated rings. The Morgan fingerprint density at radius 1 is 1.03 bits per heavy atom. The van der Waals surface area contributed by atoms with Gasteiger partial charge in [0, 0.05) is 32.1 Å². The van der Waals surface area contributed by atoms with Gasteiger partial charge in [-0.3, -0.25) is 29.9 Å². The van der Waals surface area contributed by atoms with Crippen molar-refractivity contribution >= 4 is 35.5 Å². The molecule has 12 nitrogen and oxygen atoms in total. The molecule has 5 rings (SSSR count). The van der Waals surface area contributed by atoms with Gasteiger partial charge in [0.25, 0.3) is 11.8 Å². The molecule has 0 saturated carbocycles. The van der Waals surface area contributed by atoms with Crippen molar-refractivity contribution in [1.82, 2.24) is 25.8 Å². The molecule has 1 aromatic carbocycles. The van der Waals surface area contributed by atoms with Crippen LogP contribution >= 0.6 is 0 Å². The Morgan fingerprint density at radius 2 is 1.74 bits per heavy atom. The van der Waals surface area contributed by atoms with Gasteiger partial charge in [-0.25, -0.2) is 14.6 Å². The topological polar surface area (TPSA) is 150 Å². The average Bonchev–Trinajstić information content (AvgIpc) is 3.15. The fourth-order valence-corrected chi connectivity index (χ4v) is 4.24. The zero-order valence-electron chi connectivity index (χ0n) is 18.6. The number of ether oxygens (including phenoxy) is 1. The highest BCUT2D eigenvalue weighted by atomic mass is 16.5. The first-order chi connectivity index (χ1) is 16.9. The van der Waals surface area contributed by atoms with Crippen LogP contribution in [0, 0.1) is 0 Å². The molecule has 12 heteroatoms. The second kappa shape index (κ2) is 8.70. The number of pyridine rings is 1. The van der Waals surface area contributed by atoms with Gasteiger partial charge >= 0.3 is 12.1 Å². The zero-order valence-corrected chi connectivity index (χ0v) is 18.6. The third kappa shape index (κ3) is 4.03. The van der Waals surface area contributed by atoms with E-state index in [4.69, 9.17) is 4.74 Å². The van der Waals surface area contributed by atoms with Crippen molar-refractivity contribution < 1.29 is 28.7 Å². The first-order valence-electron chi connectivity index (χ1n) is 11.1. The van der Waals surface area contributed by atoms with E-state index in [9.17, 15) is 24.0 Å². The lowest BCUT2D eigenvalue weighted by molar-refractivity contribution is -0.138. The molecule has 3 aliphatic heterocycles. The summed E-state index contributed by atoms with van der Waals surface area (Å²) >= 11 is 0. The van der Waals surface area contributed by atoms with Crippen molar-refractivity contribution in [2.75, 3.05) is 18.0 Å². The lowest BCUT2D eigenvalue weighted by atomic mass is 9.92. The minimum absolute atomic E-state index is 0.0296. The first-order valence-corrected chi connectivity index (χ1v) is 11.1. The van der Waals surface area contributed by atoms with Gasteiger partial charge < -0.3 is 15.0 Å². The van der Waals surface area contributed by atoms with E-state index in [2.05, 4.69) is 20.9 Å². The van der Waals surface area contributed by atoms with Crippen molar-refractivity contribution in [2.24, 2.45) is 0 Å². The summed E-state index contributed by atoms with van der Waals surface area (Å²) in [5, 5.41) is 6.99. The third-order valence-corrected chi connectivity index (χ3v) is 6.25. The highest BCUT2D eigenvalue weighted by molar-refractivity contribution is 6.28. The SMILES string of the molecule is O=C1NC(=O)C2(CCC(=O)N2c2ccc(Oc3ccc(CNC(=O)N4CCC4)cc3)nc2)C(=O)N1. The van der Waals surface area contributed by atoms with Gasteiger partial charge in [-0.2, -0.15) is 0 Å². The van der Waals surface area contributed by atoms with Crippen LogP contribution < -0.4 is 25.6 Å². The molecule has 4 heterocycles. The van der Waals surface area contributed by atoms with Crippen LogP contribution in [0.4, 0.5) is 15.3 Å². The van der Waals surface area contributed by atoms with Crippen LogP contribution in [0.1, 0.15) is 24.8 Å². The Hall–Kier alpha value is -4.48. The molecule has 7 amide bonds. The lowest BCUT2D eigenvalue weighted by Gasteiger charge is -2.37. The van der Waals surface area contributed by atoms with Crippen LogP contribution in [0.5, 0.6) is 11.6 Å². The maximum Gasteiger partial charge on any atom is 0.328 e. The van der Waals surface area contributed by atoms with Gasteiger partial charge in [0.05, 0.1) is 11.9 Å². The number of anilines is 1. The second-order valence-electron chi connectivity index (χ2n) is 8.43. The lowest BCUT2D eigenvalue weighted by Crippen LogP contribution is -2.72. The maximum absolute atomic E-state index is 12.6. The first kappa shape index (κ1) is 22.3. The van der Waals surface area contributed by atoms with Crippen LogP contribution in [0.3, 0.4) is 0 Å². The van der Waals surface area contributed by atoms with E-state index in [1.165, 1.54) is 18.3 Å². The van der Waals surface area contributed by atoms with E-state index >= 15 is 0 Å². The predicted octanol–water partition coefficient (Wildman–Crippen LogP) is 1.02. The number of urea groups is 2. The number of benzene rings is 1. The molecule has 2 aromatic rings. The van der Waals surface area contributed by atoms with Gasteiger partial charge in [-0.05, 0) is 36.6 Å². The quantitative estimate of drug-likeness (QED) is 0.543. The van der Waals surface area contributed by atoms with Gasteiger partial charge in [0.2, 0.25) is 17.3 Å². The summed E-state index contributed by atoms with van der Waals surface area (Å²) < 4.78 is 5.75. The van der Waals surface area contributed by atoms with Crippen molar-refractivity contribution in [1.29, 1.82) is 0 Å². The number of nitrogens with one attached hydrogen (secondary N) is 3. The highest BCUT2D eigenvalue weighted by Crippen LogP contribution is 2.37. The minimum Gasteiger partial charge on any atom is -0.439 e. The van der Waals surface area contributed by atoms with E-state index in [0.717, 1.165) is 30.0 Å². The fourth-order valence-electron chi connectivity index (χ4n) is 4.24. The molecule has 3 saturated heterocycles. The standard InChI is InChI=1S/C23H22N6O6/c30-18-8-9-23(19(31)26-21(33)27-20(23)32)29(18)15-4-7-17(24-13-15)35-16-5-2-14(3-6-16)12-25-22(34)28-10-1-11-28/h2-7,13H,1,8-12H2,(H,25,34)(H2,26,27,31,32,33). The van der Waals surface area contributed by atoms with Gasteiger partial charge in [-0.15, -0.1) is 0 Å². The van der Waals surface area contributed by atoms with Gasteiger partial charge in [0.15, 0.2) is 0 Å². The zero-order chi connectivity index (χ0) is 24.6. The highest BCUT2D eigenvalue weighted by Gasteiger charge is 2.60. The third-order valence-electron chi connectivity index (χ3n) is 6.25. The molecular formula is C23H22N6O6. The Morgan fingerprint density at radius 3 is 2.34 bits per heavy atom. The summed E-state index contributed by atoms with van der Waals surface area (Å²) in [5.41, 5.74) is -0.696. The summed E-state index contributed by atoms with van der Waals surface area (Å²) in [6.45, 7) is 1.98. The molecule has 0 radical (unpaired) electrons. The number of amides is 7. The molecule has 35 heavy (non-hydrogen) atoms. The van der Waals surface area contributed by atoms with E-state index in [-0.39, 0.29) is 30.4 Å². The van der Waals surface area contributed by atoms with Crippen molar-refractivity contribution in [3.05, 3.63) is 48.2 Å². The second-order valence-corrected chi connectivity index (χ2v) is 8.43. The number of nitrogens with zero attached hydrogens (tertiary/aromatic N) is 3. The monoisotopic (exact) mass is 478 g/mol. The number of imide groups is 2. The fraction of sp³-hybridized carbons (Fsp3) is 0.304. The van der Waals surface area contributed by atoms with Crippen LogP contribution in [-0.2, 0) is 20.9 Å². The molecular weight excluding hydrogens is 456 g/mol. The Labute approximate surface area is 199 Å². The maximum atomic E-state index is 12.6. The van der Waals surface area contributed by atoms with Gasteiger partial charge in [0.1, 0.15) is 5.75 Å². The number of rotatable bonds is 5. The Kier molecular flexibility index (Phi) is 5.55. The van der Waals surface area contributed by atoms with E-state index in [1.54, 1.807) is 17.0 Å². The summed E-state index contributed by atoms with van der Waals surface area (Å²) in [6, 6.07) is 9.18. The number of barbiturate groups is 1. The van der Waals surface area contributed by atoms with Crippen molar-refractivity contribution in [2.45, 2.75) is 31.3 Å². The number of carbonyl (C=O) groups is 5. The van der Waals surface area contributed by atoms with Gasteiger partial charge in [-0.1, -0.05) is 12.1 Å². The molecule has 3 N–H and O–H groups in total. The molecule has 180 valence electrons. The van der Waals surface area contributed by atoms with E-state index < -0.39 is 29.3 Å². The average molecular weight is 478 g/mol. The molecule has 0 aliphatic carbocycles. The normalized spacial score (nSPS) is 18.7. The Balaban J connectivity index is 1.25. The largest absolute Gasteiger partial charge is 0.439 e. The smallest absolute Gasteiger partial charge is 0.328 e. The van der Waals surface area contributed by atoms with Crippen molar-refractivity contribution in [3.8, 4) is 11.6 Å². The molecule has 0 bridgehead atoms. The van der Waals surface area contributed by atoms with Crippen LogP contribution in [0.15, 0.2) is 42.6 Å². The number of likely N-dealkylation sites (tertiary alicyclic amines) is 1. The van der Waals surface area contributed by atoms with Crippen molar-refractivity contribution in [3.63, 3.8) is 0 Å². The number of aromatic nitrogens is 1. The molecule has 0 atom stereocenters. The number of hydrogen-bond acceptors (Lipinski definition) is 7. The minimum atomic E-state index is -1.84. The molecule has 1 aromatic heterocycles. The molecule has 0 unspecified atom stereocenters. The Bertz CT molecular complexity index is 1190. The summed E-state index contributed by atoms with van der Waals surface area (Å²) in [7, 11) is 0. The van der Waals surface area contributed by atoms with Crippen LogP contribution in [0.2, 0.25) is 0 Å².